The van der Waals surface area contributed by atoms with Gasteiger partial charge in [-0.05, 0) is 31.7 Å². The SMILES string of the molecule is NC[C@@H]1CC[C@@H](F)C1. The molecule has 1 nitrogen and oxygen atoms in total. The Morgan fingerprint density at radius 3 is 2.50 bits per heavy atom. The van der Waals surface area contributed by atoms with Gasteiger partial charge >= 0.3 is 0 Å². The topological polar surface area (TPSA) is 26.0 Å². The Balaban J connectivity index is 2.22. The van der Waals surface area contributed by atoms with Gasteiger partial charge in [-0.1, -0.05) is 0 Å². The first-order valence-corrected chi connectivity index (χ1v) is 3.17. The summed E-state index contributed by atoms with van der Waals surface area (Å²) in [6.45, 7) is 0.667. The van der Waals surface area contributed by atoms with Crippen molar-refractivity contribution in [1.82, 2.24) is 0 Å². The molecule has 2 N–H and O–H groups in total. The van der Waals surface area contributed by atoms with Crippen LogP contribution < -0.4 is 5.73 Å². The van der Waals surface area contributed by atoms with Crippen LogP contribution in [0.2, 0.25) is 0 Å². The quantitative estimate of drug-likeness (QED) is 0.546. The molecule has 0 unspecified atom stereocenters. The predicted molar refractivity (Wildman–Crippen MR) is 31.3 cm³/mol. The predicted octanol–water partition coefficient (Wildman–Crippen LogP) is 1.08. The number of alkyl halides is 1. The van der Waals surface area contributed by atoms with Crippen LogP contribution in [0.3, 0.4) is 0 Å². The summed E-state index contributed by atoms with van der Waals surface area (Å²) in [6, 6.07) is 0. The summed E-state index contributed by atoms with van der Waals surface area (Å²) in [5, 5.41) is 0. The molecule has 1 fully saturated rings. The Kier molecular flexibility index (Phi) is 1.84. The van der Waals surface area contributed by atoms with Gasteiger partial charge in [0.05, 0.1) is 0 Å². The third-order valence-electron chi connectivity index (χ3n) is 1.81. The third kappa shape index (κ3) is 1.19. The maximum absolute atomic E-state index is 12.3. The fourth-order valence-corrected chi connectivity index (χ4v) is 1.23. The van der Waals surface area contributed by atoms with E-state index in [1.165, 1.54) is 0 Å². The van der Waals surface area contributed by atoms with Crippen LogP contribution in [0.5, 0.6) is 0 Å². The van der Waals surface area contributed by atoms with Crippen LogP contribution in [0, 0.1) is 5.92 Å². The molecule has 0 aromatic heterocycles. The highest BCUT2D eigenvalue weighted by Crippen LogP contribution is 2.26. The molecule has 1 aliphatic carbocycles. The Bertz CT molecular complexity index is 74.9. The molecule has 0 aliphatic heterocycles. The lowest BCUT2D eigenvalue weighted by Crippen LogP contribution is -2.10. The zero-order chi connectivity index (χ0) is 5.98. The maximum Gasteiger partial charge on any atom is 0.100 e. The van der Waals surface area contributed by atoms with Crippen LogP contribution in [0.15, 0.2) is 0 Å². The van der Waals surface area contributed by atoms with E-state index in [2.05, 4.69) is 0 Å². The van der Waals surface area contributed by atoms with Crippen molar-refractivity contribution in [2.75, 3.05) is 6.54 Å². The standard InChI is InChI=1S/C6H12FN/c7-6-2-1-5(3-6)4-8/h5-6H,1-4,8H2/t5-,6-/m1/s1. The lowest BCUT2D eigenvalue weighted by molar-refractivity contribution is 0.332. The fourth-order valence-electron chi connectivity index (χ4n) is 1.23. The van der Waals surface area contributed by atoms with Crippen LogP contribution >= 0.6 is 0 Å². The van der Waals surface area contributed by atoms with Crippen molar-refractivity contribution in [1.29, 1.82) is 0 Å². The summed E-state index contributed by atoms with van der Waals surface area (Å²) in [7, 11) is 0. The molecule has 1 saturated carbocycles. The highest BCUT2D eigenvalue weighted by Gasteiger charge is 2.22. The average molecular weight is 117 g/mol. The lowest BCUT2D eigenvalue weighted by atomic mass is 10.1. The Morgan fingerprint density at radius 1 is 1.50 bits per heavy atom. The summed E-state index contributed by atoms with van der Waals surface area (Å²) >= 11 is 0. The molecule has 0 bridgehead atoms. The van der Waals surface area contributed by atoms with E-state index < -0.39 is 6.17 Å². The Labute approximate surface area is 49.1 Å². The average Bonchev–Trinajstić information content (AvgIpc) is 2.14. The van der Waals surface area contributed by atoms with E-state index in [-0.39, 0.29) is 0 Å². The normalized spacial score (nSPS) is 38.2. The van der Waals surface area contributed by atoms with Crippen LogP contribution in [-0.2, 0) is 0 Å². The number of rotatable bonds is 1. The van der Waals surface area contributed by atoms with E-state index in [0.717, 1.165) is 12.8 Å². The first-order valence-electron chi connectivity index (χ1n) is 3.17. The minimum Gasteiger partial charge on any atom is -0.330 e. The van der Waals surface area contributed by atoms with E-state index in [4.69, 9.17) is 5.73 Å². The van der Waals surface area contributed by atoms with Gasteiger partial charge in [0, 0.05) is 0 Å². The lowest BCUT2D eigenvalue weighted by Gasteiger charge is -2.00. The van der Waals surface area contributed by atoms with E-state index in [9.17, 15) is 4.39 Å². The summed E-state index contributed by atoms with van der Waals surface area (Å²) in [6.07, 6.45) is 1.89. The Hall–Kier alpha value is -0.110. The van der Waals surface area contributed by atoms with Crippen LogP contribution in [0.25, 0.3) is 0 Å². The second-order valence-electron chi connectivity index (χ2n) is 2.51. The first-order chi connectivity index (χ1) is 3.83. The van der Waals surface area contributed by atoms with Gasteiger partial charge in [-0.3, -0.25) is 0 Å². The number of hydrogen-bond acceptors (Lipinski definition) is 1. The summed E-state index contributed by atoms with van der Waals surface area (Å²) in [5.74, 6) is 0.477. The minimum absolute atomic E-state index is 0.477. The smallest absolute Gasteiger partial charge is 0.100 e. The van der Waals surface area contributed by atoms with Gasteiger partial charge in [-0.25, -0.2) is 4.39 Å². The molecule has 0 amide bonds. The molecule has 0 radical (unpaired) electrons. The van der Waals surface area contributed by atoms with E-state index in [1.54, 1.807) is 0 Å². The first kappa shape index (κ1) is 6.02. The summed E-state index contributed by atoms with van der Waals surface area (Å²) < 4.78 is 12.3. The fraction of sp³-hybridized carbons (Fsp3) is 1.00. The molecular weight excluding hydrogens is 105 g/mol. The van der Waals surface area contributed by atoms with Crippen molar-refractivity contribution in [2.24, 2.45) is 11.7 Å². The minimum atomic E-state index is -0.552. The zero-order valence-electron chi connectivity index (χ0n) is 4.94. The van der Waals surface area contributed by atoms with Crippen LogP contribution in [0.4, 0.5) is 4.39 Å². The van der Waals surface area contributed by atoms with Crippen molar-refractivity contribution in [3.8, 4) is 0 Å². The number of halogens is 1. The summed E-state index contributed by atoms with van der Waals surface area (Å²) in [5.41, 5.74) is 5.33. The molecule has 8 heavy (non-hydrogen) atoms. The molecule has 1 aliphatic rings. The Morgan fingerprint density at radius 2 is 2.25 bits per heavy atom. The second kappa shape index (κ2) is 2.44. The van der Waals surface area contributed by atoms with Crippen LogP contribution in [0.1, 0.15) is 19.3 Å². The van der Waals surface area contributed by atoms with E-state index in [1.807, 2.05) is 0 Å². The van der Waals surface area contributed by atoms with Gasteiger partial charge in [-0.2, -0.15) is 0 Å². The molecule has 1 rings (SSSR count). The second-order valence-corrected chi connectivity index (χ2v) is 2.51. The molecule has 48 valence electrons. The number of hydrogen-bond donors (Lipinski definition) is 1. The molecule has 2 atom stereocenters. The van der Waals surface area contributed by atoms with Gasteiger partial charge in [0.15, 0.2) is 0 Å². The van der Waals surface area contributed by atoms with Gasteiger partial charge in [0.1, 0.15) is 6.17 Å². The monoisotopic (exact) mass is 117 g/mol. The summed E-state index contributed by atoms with van der Waals surface area (Å²) in [4.78, 5) is 0. The zero-order valence-corrected chi connectivity index (χ0v) is 4.94. The highest BCUT2D eigenvalue weighted by molar-refractivity contribution is 4.74. The van der Waals surface area contributed by atoms with Crippen molar-refractivity contribution in [3.05, 3.63) is 0 Å². The molecule has 0 saturated heterocycles. The van der Waals surface area contributed by atoms with E-state index >= 15 is 0 Å². The van der Waals surface area contributed by atoms with E-state index in [0.29, 0.717) is 18.9 Å². The highest BCUT2D eigenvalue weighted by atomic mass is 19.1. The van der Waals surface area contributed by atoms with Crippen LogP contribution in [-0.4, -0.2) is 12.7 Å². The molecule has 0 spiro atoms. The molecule has 2 heteroatoms. The largest absolute Gasteiger partial charge is 0.330 e. The third-order valence-corrected chi connectivity index (χ3v) is 1.81. The molecule has 0 aromatic carbocycles. The maximum atomic E-state index is 12.3. The molecular formula is C6H12FN. The van der Waals surface area contributed by atoms with Crippen molar-refractivity contribution >= 4 is 0 Å². The van der Waals surface area contributed by atoms with Gasteiger partial charge in [0.2, 0.25) is 0 Å². The van der Waals surface area contributed by atoms with Gasteiger partial charge in [-0.15, -0.1) is 0 Å². The van der Waals surface area contributed by atoms with Crippen molar-refractivity contribution in [3.63, 3.8) is 0 Å². The molecule has 0 aromatic rings. The van der Waals surface area contributed by atoms with Crippen molar-refractivity contribution in [2.45, 2.75) is 25.4 Å². The van der Waals surface area contributed by atoms with Gasteiger partial charge < -0.3 is 5.73 Å². The molecule has 0 heterocycles. The van der Waals surface area contributed by atoms with Gasteiger partial charge in [0.25, 0.3) is 0 Å². The number of nitrogens with two attached hydrogens (primary N) is 1. The van der Waals surface area contributed by atoms with Crippen molar-refractivity contribution < 1.29 is 4.39 Å².